The number of amides is 1. The number of nitrogens with zero attached hydrogens (tertiary/aromatic N) is 1. The molecule has 0 aliphatic carbocycles. The van der Waals surface area contributed by atoms with Crippen LogP contribution in [-0.4, -0.2) is 30.2 Å². The number of nitrogens with one attached hydrogen (secondary N) is 1. The molecule has 0 spiro atoms. The van der Waals surface area contributed by atoms with Gasteiger partial charge in [0.25, 0.3) is 5.91 Å². The summed E-state index contributed by atoms with van der Waals surface area (Å²) in [6.45, 7) is 6.26. The highest BCUT2D eigenvalue weighted by molar-refractivity contribution is 5.96. The predicted octanol–water partition coefficient (Wildman–Crippen LogP) is 2.62. The van der Waals surface area contributed by atoms with E-state index in [1.54, 1.807) is 32.4 Å². The highest BCUT2D eigenvalue weighted by atomic mass is 16.5. The van der Waals surface area contributed by atoms with Crippen LogP contribution in [0.1, 0.15) is 33.6 Å². The summed E-state index contributed by atoms with van der Waals surface area (Å²) < 4.78 is 10.6. The third-order valence-corrected chi connectivity index (χ3v) is 2.94. The molecule has 0 saturated carbocycles. The van der Waals surface area contributed by atoms with Crippen LogP contribution in [0.5, 0.6) is 5.88 Å². The molecule has 0 fully saturated rings. The Bertz CT molecular complexity index is 406. The van der Waals surface area contributed by atoms with E-state index in [9.17, 15) is 4.79 Å². The van der Waals surface area contributed by atoms with Crippen molar-refractivity contribution in [2.45, 2.75) is 39.2 Å². The fourth-order valence-corrected chi connectivity index (χ4v) is 1.74. The van der Waals surface area contributed by atoms with E-state index in [2.05, 4.69) is 10.3 Å². The Morgan fingerprint density at radius 2 is 2.16 bits per heavy atom. The summed E-state index contributed by atoms with van der Waals surface area (Å²) in [6.07, 6.45) is 3.12. The van der Waals surface area contributed by atoms with E-state index in [4.69, 9.17) is 9.47 Å². The highest BCUT2D eigenvalue weighted by Gasteiger charge is 2.32. The van der Waals surface area contributed by atoms with Gasteiger partial charge < -0.3 is 14.8 Å². The van der Waals surface area contributed by atoms with Crippen molar-refractivity contribution in [2.24, 2.45) is 0 Å². The Balaban J connectivity index is 2.70. The van der Waals surface area contributed by atoms with Gasteiger partial charge in [-0.2, -0.15) is 0 Å². The summed E-state index contributed by atoms with van der Waals surface area (Å²) in [7, 11) is 1.55. The van der Waals surface area contributed by atoms with Crippen LogP contribution in [0, 0.1) is 0 Å². The van der Waals surface area contributed by atoms with E-state index in [0.29, 0.717) is 24.6 Å². The van der Waals surface area contributed by atoms with Crippen LogP contribution in [0.4, 0.5) is 5.69 Å². The first kappa shape index (κ1) is 15.4. The fourth-order valence-electron chi connectivity index (χ4n) is 1.74. The Kier molecular flexibility index (Phi) is 5.76. The molecule has 1 heterocycles. The summed E-state index contributed by atoms with van der Waals surface area (Å²) in [5, 5.41) is 2.81. The number of pyridine rings is 1. The minimum atomic E-state index is -0.812. The number of rotatable bonds is 7. The monoisotopic (exact) mass is 266 g/mol. The van der Waals surface area contributed by atoms with Crippen LogP contribution < -0.4 is 10.1 Å². The first-order chi connectivity index (χ1) is 9.05. The van der Waals surface area contributed by atoms with Gasteiger partial charge in [0, 0.05) is 13.2 Å². The molecule has 0 radical (unpaired) electrons. The van der Waals surface area contributed by atoms with Crippen molar-refractivity contribution in [3.05, 3.63) is 18.3 Å². The van der Waals surface area contributed by atoms with Crippen LogP contribution in [0.15, 0.2) is 18.3 Å². The fraction of sp³-hybridized carbons (Fsp3) is 0.571. The number of aromatic nitrogens is 1. The van der Waals surface area contributed by atoms with Gasteiger partial charge in [0.1, 0.15) is 5.60 Å². The maximum absolute atomic E-state index is 12.2. The average Bonchev–Trinajstić information content (AvgIpc) is 2.41. The molecule has 19 heavy (non-hydrogen) atoms. The van der Waals surface area contributed by atoms with Crippen molar-refractivity contribution in [3.8, 4) is 5.88 Å². The highest BCUT2D eigenvalue weighted by Crippen LogP contribution is 2.20. The van der Waals surface area contributed by atoms with Gasteiger partial charge in [0.15, 0.2) is 0 Å². The van der Waals surface area contributed by atoms with Gasteiger partial charge >= 0.3 is 0 Å². The van der Waals surface area contributed by atoms with Gasteiger partial charge in [-0.3, -0.25) is 4.79 Å². The van der Waals surface area contributed by atoms with Crippen LogP contribution in [0.3, 0.4) is 0 Å². The van der Waals surface area contributed by atoms with Gasteiger partial charge in [0.2, 0.25) is 5.88 Å². The Labute approximate surface area is 114 Å². The van der Waals surface area contributed by atoms with E-state index < -0.39 is 5.60 Å². The van der Waals surface area contributed by atoms with Gasteiger partial charge in [-0.05, 0) is 26.3 Å². The number of hydrogen-bond donors (Lipinski definition) is 1. The zero-order valence-corrected chi connectivity index (χ0v) is 12.0. The molecular weight excluding hydrogens is 244 g/mol. The second-order valence-corrected chi connectivity index (χ2v) is 4.46. The summed E-state index contributed by atoms with van der Waals surface area (Å²) in [5.74, 6) is 0.381. The molecule has 0 unspecified atom stereocenters. The van der Waals surface area contributed by atoms with Crippen LogP contribution in [-0.2, 0) is 9.53 Å². The third kappa shape index (κ3) is 4.21. The van der Waals surface area contributed by atoms with Crippen LogP contribution >= 0.6 is 0 Å². The normalized spacial score (nSPS) is 13.7. The molecule has 1 aromatic heterocycles. The standard InChI is InChI=1S/C14H22N2O3/c1-5-9-14(3,18-4)13(17)16-11-7-8-12(15-10-11)19-6-2/h7-8,10H,5-6,9H2,1-4H3,(H,16,17)/t14-/m1/s1. The lowest BCUT2D eigenvalue weighted by molar-refractivity contribution is -0.136. The molecule has 1 amide bonds. The average molecular weight is 266 g/mol. The van der Waals surface area contributed by atoms with Gasteiger partial charge in [-0.15, -0.1) is 0 Å². The van der Waals surface area contributed by atoms with Crippen molar-refractivity contribution in [1.82, 2.24) is 4.98 Å². The molecule has 0 aliphatic rings. The van der Waals surface area contributed by atoms with Crippen LogP contribution in [0.2, 0.25) is 0 Å². The maximum Gasteiger partial charge on any atom is 0.256 e. The zero-order chi connectivity index (χ0) is 14.3. The first-order valence-corrected chi connectivity index (χ1v) is 6.51. The number of ether oxygens (including phenoxy) is 2. The minimum Gasteiger partial charge on any atom is -0.478 e. The Hall–Kier alpha value is -1.62. The Morgan fingerprint density at radius 1 is 1.42 bits per heavy atom. The quantitative estimate of drug-likeness (QED) is 0.824. The molecule has 5 nitrogen and oxygen atoms in total. The zero-order valence-electron chi connectivity index (χ0n) is 12.0. The summed E-state index contributed by atoms with van der Waals surface area (Å²) in [6, 6.07) is 3.49. The second-order valence-electron chi connectivity index (χ2n) is 4.46. The molecule has 0 saturated heterocycles. The van der Waals surface area contributed by atoms with Crippen molar-refractivity contribution >= 4 is 11.6 Å². The maximum atomic E-state index is 12.2. The van der Waals surface area contributed by atoms with Crippen molar-refractivity contribution in [3.63, 3.8) is 0 Å². The lowest BCUT2D eigenvalue weighted by atomic mass is 9.99. The summed E-state index contributed by atoms with van der Waals surface area (Å²) in [5.41, 5.74) is -0.180. The third-order valence-electron chi connectivity index (χ3n) is 2.94. The molecule has 0 aromatic carbocycles. The largest absolute Gasteiger partial charge is 0.478 e. The van der Waals surface area contributed by atoms with E-state index >= 15 is 0 Å². The smallest absolute Gasteiger partial charge is 0.256 e. The molecule has 106 valence electrons. The van der Waals surface area contributed by atoms with E-state index in [0.717, 1.165) is 6.42 Å². The number of hydrogen-bond acceptors (Lipinski definition) is 4. The minimum absolute atomic E-state index is 0.164. The summed E-state index contributed by atoms with van der Waals surface area (Å²) in [4.78, 5) is 16.3. The van der Waals surface area contributed by atoms with Crippen molar-refractivity contribution in [2.75, 3.05) is 19.0 Å². The van der Waals surface area contributed by atoms with E-state index in [1.165, 1.54) is 0 Å². The lowest BCUT2D eigenvalue weighted by Crippen LogP contribution is -2.41. The van der Waals surface area contributed by atoms with Crippen molar-refractivity contribution in [1.29, 1.82) is 0 Å². The number of carbonyl (C=O) groups is 1. The van der Waals surface area contributed by atoms with Crippen molar-refractivity contribution < 1.29 is 14.3 Å². The Morgan fingerprint density at radius 3 is 2.63 bits per heavy atom. The number of methoxy groups -OCH3 is 1. The molecule has 1 aromatic rings. The van der Waals surface area contributed by atoms with Gasteiger partial charge in [-0.1, -0.05) is 13.3 Å². The number of carbonyl (C=O) groups excluding carboxylic acids is 1. The molecule has 1 rings (SSSR count). The van der Waals surface area contributed by atoms with E-state index in [1.807, 2.05) is 13.8 Å². The number of anilines is 1. The lowest BCUT2D eigenvalue weighted by Gasteiger charge is -2.26. The van der Waals surface area contributed by atoms with E-state index in [-0.39, 0.29) is 5.91 Å². The topological polar surface area (TPSA) is 60.5 Å². The molecular formula is C14H22N2O3. The van der Waals surface area contributed by atoms with Gasteiger partial charge in [0.05, 0.1) is 18.5 Å². The molecule has 0 bridgehead atoms. The molecule has 0 aliphatic heterocycles. The molecule has 5 heteroatoms. The van der Waals surface area contributed by atoms with Crippen LogP contribution in [0.25, 0.3) is 0 Å². The molecule has 1 N–H and O–H groups in total. The second kappa shape index (κ2) is 7.09. The predicted molar refractivity (Wildman–Crippen MR) is 74.4 cm³/mol. The molecule has 1 atom stereocenters. The summed E-state index contributed by atoms with van der Waals surface area (Å²) >= 11 is 0. The SMILES string of the molecule is CCC[C@@](C)(OC)C(=O)Nc1ccc(OCC)nc1. The first-order valence-electron chi connectivity index (χ1n) is 6.51. The van der Waals surface area contributed by atoms with Gasteiger partial charge in [-0.25, -0.2) is 4.98 Å².